The third-order valence-electron chi connectivity index (χ3n) is 4.08. The van der Waals surface area contributed by atoms with E-state index in [1.165, 1.54) is 25.7 Å². The fraction of sp³-hybridized carbons (Fsp3) is 0.733. The Morgan fingerprint density at radius 1 is 1.26 bits per heavy atom. The van der Waals surface area contributed by atoms with Crippen molar-refractivity contribution >= 4 is 5.82 Å². The molecule has 3 rings (SSSR count). The summed E-state index contributed by atoms with van der Waals surface area (Å²) in [5.41, 5.74) is 0. The SMILES string of the molecule is CCOc1cc(NCC(C2CC2)C2CC2)nc(C)n1. The first-order valence-electron chi connectivity index (χ1n) is 7.48. The molecule has 1 aromatic rings. The molecule has 1 aromatic heterocycles. The van der Waals surface area contributed by atoms with E-state index in [0.29, 0.717) is 12.5 Å². The number of nitrogens with one attached hydrogen (secondary N) is 1. The van der Waals surface area contributed by atoms with Gasteiger partial charge in [-0.05, 0) is 57.3 Å². The van der Waals surface area contributed by atoms with E-state index in [-0.39, 0.29) is 0 Å². The molecule has 0 unspecified atom stereocenters. The molecule has 1 heterocycles. The summed E-state index contributed by atoms with van der Waals surface area (Å²) in [6, 6.07) is 1.91. The zero-order valence-corrected chi connectivity index (χ0v) is 11.9. The predicted molar refractivity (Wildman–Crippen MR) is 75.4 cm³/mol. The average molecular weight is 261 g/mol. The van der Waals surface area contributed by atoms with Crippen LogP contribution in [0.3, 0.4) is 0 Å². The highest BCUT2D eigenvalue weighted by Gasteiger charge is 2.41. The Hall–Kier alpha value is -1.32. The van der Waals surface area contributed by atoms with E-state index in [4.69, 9.17) is 4.74 Å². The third kappa shape index (κ3) is 3.37. The van der Waals surface area contributed by atoms with Crippen molar-refractivity contribution in [3.8, 4) is 5.88 Å². The second-order valence-corrected chi connectivity index (χ2v) is 5.79. The second-order valence-electron chi connectivity index (χ2n) is 5.79. The number of nitrogens with zero attached hydrogens (tertiary/aromatic N) is 2. The van der Waals surface area contributed by atoms with Crippen LogP contribution in [0, 0.1) is 24.7 Å². The molecular weight excluding hydrogens is 238 g/mol. The summed E-state index contributed by atoms with van der Waals surface area (Å²) in [5.74, 6) is 5.13. The summed E-state index contributed by atoms with van der Waals surface area (Å²) in [6.45, 7) is 5.58. The van der Waals surface area contributed by atoms with Crippen LogP contribution in [0.1, 0.15) is 38.4 Å². The number of rotatable bonds is 7. The first-order chi connectivity index (χ1) is 9.26. The smallest absolute Gasteiger partial charge is 0.218 e. The minimum atomic E-state index is 0.642. The van der Waals surface area contributed by atoms with Gasteiger partial charge in [-0.15, -0.1) is 0 Å². The minimum absolute atomic E-state index is 0.642. The monoisotopic (exact) mass is 261 g/mol. The summed E-state index contributed by atoms with van der Waals surface area (Å²) in [4.78, 5) is 8.72. The maximum Gasteiger partial charge on any atom is 0.218 e. The van der Waals surface area contributed by atoms with Gasteiger partial charge < -0.3 is 10.1 Å². The van der Waals surface area contributed by atoms with Crippen LogP contribution in [0.4, 0.5) is 5.82 Å². The van der Waals surface area contributed by atoms with Gasteiger partial charge in [0.05, 0.1) is 6.61 Å². The molecule has 2 aliphatic rings. The summed E-state index contributed by atoms with van der Waals surface area (Å²) in [6.07, 6.45) is 5.71. The molecule has 1 N–H and O–H groups in total. The number of anilines is 1. The van der Waals surface area contributed by atoms with Gasteiger partial charge in [-0.2, -0.15) is 4.98 Å². The number of hydrogen-bond donors (Lipinski definition) is 1. The predicted octanol–water partition coefficient (Wildman–Crippen LogP) is 3.03. The summed E-state index contributed by atoms with van der Waals surface area (Å²) in [7, 11) is 0. The third-order valence-corrected chi connectivity index (χ3v) is 4.08. The van der Waals surface area contributed by atoms with Crippen LogP contribution in [0.2, 0.25) is 0 Å². The Morgan fingerprint density at radius 3 is 2.53 bits per heavy atom. The maximum absolute atomic E-state index is 5.46. The van der Waals surface area contributed by atoms with Crippen LogP contribution in [-0.4, -0.2) is 23.1 Å². The van der Waals surface area contributed by atoms with E-state index in [0.717, 1.165) is 35.9 Å². The van der Waals surface area contributed by atoms with E-state index in [2.05, 4.69) is 15.3 Å². The van der Waals surface area contributed by atoms with E-state index in [9.17, 15) is 0 Å². The zero-order chi connectivity index (χ0) is 13.2. The summed E-state index contributed by atoms with van der Waals surface area (Å²) < 4.78 is 5.46. The van der Waals surface area contributed by atoms with Crippen molar-refractivity contribution < 1.29 is 4.74 Å². The van der Waals surface area contributed by atoms with Crippen LogP contribution in [0.25, 0.3) is 0 Å². The van der Waals surface area contributed by atoms with Crippen LogP contribution >= 0.6 is 0 Å². The van der Waals surface area contributed by atoms with E-state index >= 15 is 0 Å². The highest BCUT2D eigenvalue weighted by molar-refractivity contribution is 5.38. The molecule has 2 saturated carbocycles. The van der Waals surface area contributed by atoms with Gasteiger partial charge in [0.2, 0.25) is 5.88 Å². The van der Waals surface area contributed by atoms with Gasteiger partial charge in [-0.1, -0.05) is 0 Å². The molecule has 104 valence electrons. The normalized spacial score (nSPS) is 18.7. The number of hydrogen-bond acceptors (Lipinski definition) is 4. The average Bonchev–Trinajstić information content (AvgIpc) is 3.24. The summed E-state index contributed by atoms with van der Waals surface area (Å²) in [5, 5.41) is 3.50. The Kier molecular flexibility index (Phi) is 3.58. The Morgan fingerprint density at radius 2 is 1.95 bits per heavy atom. The molecule has 0 radical (unpaired) electrons. The molecule has 2 fully saturated rings. The lowest BCUT2D eigenvalue weighted by molar-refractivity contribution is 0.325. The molecule has 0 amide bonds. The molecule has 19 heavy (non-hydrogen) atoms. The number of ether oxygens (including phenoxy) is 1. The minimum Gasteiger partial charge on any atom is -0.478 e. The fourth-order valence-electron chi connectivity index (χ4n) is 2.84. The van der Waals surface area contributed by atoms with Crippen LogP contribution < -0.4 is 10.1 Å². The molecule has 0 spiro atoms. The van der Waals surface area contributed by atoms with E-state index in [1.54, 1.807) is 0 Å². The Balaban J connectivity index is 1.61. The van der Waals surface area contributed by atoms with Crippen molar-refractivity contribution in [1.29, 1.82) is 0 Å². The molecular formula is C15H23N3O. The van der Waals surface area contributed by atoms with Crippen LogP contribution in [0.5, 0.6) is 5.88 Å². The van der Waals surface area contributed by atoms with Gasteiger partial charge in [-0.3, -0.25) is 0 Å². The van der Waals surface area contributed by atoms with Gasteiger partial charge in [0.15, 0.2) is 0 Å². The van der Waals surface area contributed by atoms with Crippen LogP contribution in [-0.2, 0) is 0 Å². The standard InChI is InChI=1S/C15H23N3O/c1-3-19-15-8-14(17-10(2)18-15)16-9-13(11-4-5-11)12-6-7-12/h8,11-13H,3-7,9H2,1-2H3,(H,16,17,18). The van der Waals surface area contributed by atoms with Gasteiger partial charge in [0, 0.05) is 12.6 Å². The fourth-order valence-corrected chi connectivity index (χ4v) is 2.84. The topological polar surface area (TPSA) is 47.0 Å². The van der Waals surface area contributed by atoms with Gasteiger partial charge in [0.1, 0.15) is 11.6 Å². The molecule has 0 saturated heterocycles. The first kappa shape index (κ1) is 12.7. The highest BCUT2D eigenvalue weighted by Crippen LogP contribution is 2.49. The Bertz CT molecular complexity index is 429. The van der Waals surface area contributed by atoms with Crippen molar-refractivity contribution in [3.63, 3.8) is 0 Å². The van der Waals surface area contributed by atoms with Gasteiger partial charge in [0.25, 0.3) is 0 Å². The van der Waals surface area contributed by atoms with E-state index in [1.807, 2.05) is 19.9 Å². The molecule has 0 aliphatic heterocycles. The van der Waals surface area contributed by atoms with Crippen molar-refractivity contribution in [2.75, 3.05) is 18.5 Å². The van der Waals surface area contributed by atoms with Crippen molar-refractivity contribution in [2.24, 2.45) is 17.8 Å². The van der Waals surface area contributed by atoms with Crippen molar-refractivity contribution in [2.45, 2.75) is 39.5 Å². The van der Waals surface area contributed by atoms with Gasteiger partial charge in [-0.25, -0.2) is 4.98 Å². The molecule has 4 heteroatoms. The zero-order valence-electron chi connectivity index (χ0n) is 11.9. The number of aromatic nitrogens is 2. The maximum atomic E-state index is 5.46. The summed E-state index contributed by atoms with van der Waals surface area (Å²) >= 11 is 0. The van der Waals surface area contributed by atoms with Crippen LogP contribution in [0.15, 0.2) is 6.07 Å². The molecule has 0 atom stereocenters. The van der Waals surface area contributed by atoms with Crippen molar-refractivity contribution in [3.05, 3.63) is 11.9 Å². The largest absolute Gasteiger partial charge is 0.478 e. The molecule has 2 aliphatic carbocycles. The van der Waals surface area contributed by atoms with Gasteiger partial charge >= 0.3 is 0 Å². The number of aryl methyl sites for hydroxylation is 1. The molecule has 4 nitrogen and oxygen atoms in total. The van der Waals surface area contributed by atoms with Crippen molar-refractivity contribution in [1.82, 2.24) is 9.97 Å². The van der Waals surface area contributed by atoms with E-state index < -0.39 is 0 Å². The molecule has 0 aromatic carbocycles. The lowest BCUT2D eigenvalue weighted by Crippen LogP contribution is -2.19. The quantitative estimate of drug-likeness (QED) is 0.819. The highest BCUT2D eigenvalue weighted by atomic mass is 16.5. The molecule has 0 bridgehead atoms. The second kappa shape index (κ2) is 5.35. The Labute approximate surface area is 115 Å². The lowest BCUT2D eigenvalue weighted by atomic mass is 9.98. The first-order valence-corrected chi connectivity index (χ1v) is 7.48. The lowest BCUT2D eigenvalue weighted by Gasteiger charge is -2.17.